The molecule has 104 valence electrons. The first-order valence-electron chi connectivity index (χ1n) is 5.81. The third kappa shape index (κ3) is 6.07. The van der Waals surface area contributed by atoms with E-state index in [9.17, 15) is 9.59 Å². The van der Waals surface area contributed by atoms with E-state index >= 15 is 0 Å². The molecule has 1 atom stereocenters. The van der Waals surface area contributed by atoms with Crippen LogP contribution < -0.4 is 5.32 Å². The number of carboxylic acid groups (broad SMARTS) is 1. The Morgan fingerprint density at radius 2 is 2.16 bits per heavy atom. The molecule has 6 heteroatoms. The number of hydrogen-bond acceptors (Lipinski definition) is 2. The van der Waals surface area contributed by atoms with E-state index in [1.807, 2.05) is 6.07 Å². The molecule has 1 aromatic carbocycles. The van der Waals surface area contributed by atoms with Gasteiger partial charge in [-0.25, -0.2) is 0 Å². The van der Waals surface area contributed by atoms with Gasteiger partial charge < -0.3 is 10.4 Å². The van der Waals surface area contributed by atoms with Gasteiger partial charge in [-0.2, -0.15) is 0 Å². The molecule has 1 rings (SSSR count). The van der Waals surface area contributed by atoms with Crippen LogP contribution in [0, 0.1) is 0 Å². The van der Waals surface area contributed by atoms with Crippen LogP contribution in [0.1, 0.15) is 25.3 Å². The molecule has 0 saturated carbocycles. The van der Waals surface area contributed by atoms with E-state index in [1.165, 1.54) is 6.92 Å². The number of rotatable bonds is 6. The molecule has 0 aliphatic carbocycles. The second kappa shape index (κ2) is 7.50. The van der Waals surface area contributed by atoms with E-state index in [1.54, 1.807) is 12.1 Å². The number of nitrogens with one attached hydrogen (secondary N) is 1. The van der Waals surface area contributed by atoms with Gasteiger partial charge in [0, 0.05) is 28.9 Å². The molecule has 0 aliphatic rings. The smallest absolute Gasteiger partial charge is 0.303 e. The Bertz CT molecular complexity index is 479. The molecule has 2 N–H and O–H groups in total. The molecule has 0 saturated heterocycles. The topological polar surface area (TPSA) is 66.4 Å². The molecular formula is C13H15BrClNO3. The lowest BCUT2D eigenvalue weighted by molar-refractivity contribution is -0.137. The average molecular weight is 349 g/mol. The Kier molecular flexibility index (Phi) is 6.31. The van der Waals surface area contributed by atoms with Crippen molar-refractivity contribution in [3.63, 3.8) is 0 Å². The zero-order valence-corrected chi connectivity index (χ0v) is 12.8. The Hall–Kier alpha value is -1.07. The second-order valence-electron chi connectivity index (χ2n) is 4.27. The molecule has 0 bridgehead atoms. The molecular weight excluding hydrogens is 334 g/mol. The van der Waals surface area contributed by atoms with E-state index in [4.69, 9.17) is 16.7 Å². The number of halogens is 2. The predicted octanol–water partition coefficient (Wildman–Crippen LogP) is 3.01. The molecule has 0 aromatic heterocycles. The van der Waals surface area contributed by atoms with Gasteiger partial charge in [0.1, 0.15) is 0 Å². The lowest BCUT2D eigenvalue weighted by Gasteiger charge is -2.18. The highest BCUT2D eigenvalue weighted by Gasteiger charge is 2.14. The number of carbonyl (C=O) groups is 2. The summed E-state index contributed by atoms with van der Waals surface area (Å²) in [6.07, 6.45) is 0.977. The first-order valence-corrected chi connectivity index (χ1v) is 6.98. The van der Waals surface area contributed by atoms with Gasteiger partial charge >= 0.3 is 5.97 Å². The fraction of sp³-hybridized carbons (Fsp3) is 0.385. The van der Waals surface area contributed by atoms with Gasteiger partial charge in [-0.15, -0.1) is 0 Å². The zero-order valence-electron chi connectivity index (χ0n) is 10.5. The van der Waals surface area contributed by atoms with Crippen molar-refractivity contribution < 1.29 is 14.7 Å². The molecule has 1 unspecified atom stereocenters. The summed E-state index contributed by atoms with van der Waals surface area (Å²) in [4.78, 5) is 21.8. The quantitative estimate of drug-likeness (QED) is 0.830. The van der Waals surface area contributed by atoms with Crippen molar-refractivity contribution >= 4 is 39.4 Å². The molecule has 0 fully saturated rings. The van der Waals surface area contributed by atoms with Gasteiger partial charge in [0.2, 0.25) is 5.91 Å². The van der Waals surface area contributed by atoms with Crippen LogP contribution in [0.25, 0.3) is 0 Å². The standard InChI is InChI=1S/C13H15BrClNO3/c1-8(17)16-11(4-5-13(18)19)6-9-2-3-10(15)7-12(9)14/h2-3,7,11H,4-6H2,1H3,(H,16,17)(H,18,19). The number of hydrogen-bond donors (Lipinski definition) is 2. The number of amides is 1. The van der Waals surface area contributed by atoms with E-state index in [0.717, 1.165) is 10.0 Å². The van der Waals surface area contributed by atoms with Crippen molar-refractivity contribution in [3.05, 3.63) is 33.3 Å². The summed E-state index contributed by atoms with van der Waals surface area (Å²) in [5.74, 6) is -1.04. The maximum Gasteiger partial charge on any atom is 0.303 e. The largest absolute Gasteiger partial charge is 0.481 e. The second-order valence-corrected chi connectivity index (χ2v) is 5.56. The number of aliphatic carboxylic acids is 1. The lowest BCUT2D eigenvalue weighted by atomic mass is 10.0. The van der Waals surface area contributed by atoms with Gasteiger partial charge in [-0.3, -0.25) is 9.59 Å². The van der Waals surface area contributed by atoms with Crippen LogP contribution in [0.15, 0.2) is 22.7 Å². The molecule has 0 radical (unpaired) electrons. The lowest BCUT2D eigenvalue weighted by Crippen LogP contribution is -2.35. The fourth-order valence-corrected chi connectivity index (χ4v) is 2.61. The molecule has 4 nitrogen and oxygen atoms in total. The maximum absolute atomic E-state index is 11.1. The van der Waals surface area contributed by atoms with Gasteiger partial charge in [-0.1, -0.05) is 33.6 Å². The van der Waals surface area contributed by atoms with Crippen LogP contribution in [0.3, 0.4) is 0 Å². The molecule has 1 amide bonds. The number of benzene rings is 1. The van der Waals surface area contributed by atoms with Crippen molar-refractivity contribution in [1.82, 2.24) is 5.32 Å². The first kappa shape index (κ1) is 16.0. The normalized spacial score (nSPS) is 11.9. The first-order chi connectivity index (χ1) is 8.88. The molecule has 0 aliphatic heterocycles. The monoisotopic (exact) mass is 347 g/mol. The summed E-state index contributed by atoms with van der Waals surface area (Å²) < 4.78 is 0.852. The Labute approximate surface area is 125 Å². The SMILES string of the molecule is CC(=O)NC(CCC(=O)O)Cc1ccc(Cl)cc1Br. The van der Waals surface area contributed by atoms with Crippen molar-refractivity contribution in [3.8, 4) is 0 Å². The van der Waals surface area contributed by atoms with Gasteiger partial charge in [0.15, 0.2) is 0 Å². The molecule has 19 heavy (non-hydrogen) atoms. The van der Waals surface area contributed by atoms with Crippen LogP contribution >= 0.6 is 27.5 Å². The summed E-state index contributed by atoms with van der Waals surface area (Å²) in [7, 11) is 0. The van der Waals surface area contributed by atoms with E-state index < -0.39 is 5.97 Å². The zero-order chi connectivity index (χ0) is 14.4. The highest BCUT2D eigenvalue weighted by molar-refractivity contribution is 9.10. The minimum atomic E-state index is -0.870. The highest BCUT2D eigenvalue weighted by Crippen LogP contribution is 2.23. The van der Waals surface area contributed by atoms with Crippen LogP contribution in [0.4, 0.5) is 0 Å². The summed E-state index contributed by atoms with van der Waals surface area (Å²) in [5, 5.41) is 12.1. The van der Waals surface area contributed by atoms with Crippen LogP contribution in [-0.4, -0.2) is 23.0 Å². The van der Waals surface area contributed by atoms with Crippen molar-refractivity contribution in [2.75, 3.05) is 0 Å². The number of carboxylic acids is 1. The van der Waals surface area contributed by atoms with Gasteiger partial charge in [0.05, 0.1) is 0 Å². The Morgan fingerprint density at radius 3 is 2.68 bits per heavy atom. The van der Waals surface area contributed by atoms with E-state index in [-0.39, 0.29) is 18.4 Å². The number of carbonyl (C=O) groups excluding carboxylic acids is 1. The van der Waals surface area contributed by atoms with Crippen molar-refractivity contribution in [2.45, 2.75) is 32.2 Å². The Morgan fingerprint density at radius 1 is 1.47 bits per heavy atom. The van der Waals surface area contributed by atoms with E-state index in [0.29, 0.717) is 17.9 Å². The Balaban J connectivity index is 2.74. The van der Waals surface area contributed by atoms with Crippen molar-refractivity contribution in [1.29, 1.82) is 0 Å². The van der Waals surface area contributed by atoms with Crippen LogP contribution in [0.2, 0.25) is 5.02 Å². The van der Waals surface area contributed by atoms with Gasteiger partial charge in [0.25, 0.3) is 0 Å². The average Bonchev–Trinajstić information content (AvgIpc) is 2.28. The highest BCUT2D eigenvalue weighted by atomic mass is 79.9. The molecule has 0 heterocycles. The summed E-state index contributed by atoms with van der Waals surface area (Å²) in [5.41, 5.74) is 0.980. The maximum atomic E-state index is 11.1. The van der Waals surface area contributed by atoms with E-state index in [2.05, 4.69) is 21.2 Å². The summed E-state index contributed by atoms with van der Waals surface area (Å²) in [6.45, 7) is 1.42. The van der Waals surface area contributed by atoms with Gasteiger partial charge in [-0.05, 0) is 30.5 Å². The summed E-state index contributed by atoms with van der Waals surface area (Å²) >= 11 is 9.27. The summed E-state index contributed by atoms with van der Waals surface area (Å²) in [6, 6.07) is 5.20. The minimum Gasteiger partial charge on any atom is -0.481 e. The fourth-order valence-electron chi connectivity index (χ4n) is 1.76. The molecule has 1 aromatic rings. The third-order valence-electron chi connectivity index (χ3n) is 2.60. The van der Waals surface area contributed by atoms with Crippen molar-refractivity contribution in [2.24, 2.45) is 0 Å². The molecule has 0 spiro atoms. The minimum absolute atomic E-state index is 0.0240. The third-order valence-corrected chi connectivity index (χ3v) is 3.57. The van der Waals surface area contributed by atoms with Crippen LogP contribution in [-0.2, 0) is 16.0 Å². The predicted molar refractivity (Wildman–Crippen MR) is 77.3 cm³/mol. The van der Waals surface area contributed by atoms with Crippen LogP contribution in [0.5, 0.6) is 0 Å².